The van der Waals surface area contributed by atoms with Crippen LogP contribution in [0.2, 0.25) is 0 Å². The number of hydrogen-bond acceptors (Lipinski definition) is 7. The number of imidazole rings is 1. The minimum absolute atomic E-state index is 0.205. The maximum absolute atomic E-state index is 13.2. The molecular weight excluding hydrogens is 468 g/mol. The second-order valence-electron chi connectivity index (χ2n) is 9.25. The van der Waals surface area contributed by atoms with Gasteiger partial charge in [0.2, 0.25) is 17.6 Å². The third kappa shape index (κ3) is 3.96. The predicted molar refractivity (Wildman–Crippen MR) is 129 cm³/mol. The van der Waals surface area contributed by atoms with Gasteiger partial charge in [0.25, 0.3) is 5.91 Å². The van der Waals surface area contributed by atoms with Crippen molar-refractivity contribution < 1.29 is 18.1 Å². The van der Waals surface area contributed by atoms with E-state index in [9.17, 15) is 13.6 Å². The van der Waals surface area contributed by atoms with Gasteiger partial charge in [-0.1, -0.05) is 17.3 Å². The van der Waals surface area contributed by atoms with Crippen molar-refractivity contribution in [2.24, 2.45) is 10.2 Å². The number of aryl methyl sites for hydroxylation is 1. The minimum atomic E-state index is -2.67. The average molecular weight is 489 g/mol. The van der Waals surface area contributed by atoms with Gasteiger partial charge in [-0.3, -0.25) is 9.20 Å². The van der Waals surface area contributed by atoms with Gasteiger partial charge in [0.15, 0.2) is 0 Å². The number of carbonyl (C=O) groups is 1. The van der Waals surface area contributed by atoms with Crippen LogP contribution in [0.25, 0.3) is 17.0 Å². The molecule has 3 aromatic heterocycles. The van der Waals surface area contributed by atoms with E-state index in [1.165, 1.54) is 6.20 Å². The number of pyridine rings is 1. The Bertz CT molecular complexity index is 1580. The summed E-state index contributed by atoms with van der Waals surface area (Å²) < 4.78 is 33.4. The fraction of sp³-hybridized carbons (Fsp3) is 0.280. The Kier molecular flexibility index (Phi) is 5.02. The van der Waals surface area contributed by atoms with Gasteiger partial charge in [-0.15, -0.1) is 0 Å². The smallest absolute Gasteiger partial charge is 0.274 e. The number of anilines is 1. The number of halogens is 2. The molecule has 0 atom stereocenters. The van der Waals surface area contributed by atoms with E-state index in [0.717, 1.165) is 22.6 Å². The van der Waals surface area contributed by atoms with Gasteiger partial charge in [-0.2, -0.15) is 15.2 Å². The van der Waals surface area contributed by atoms with Crippen LogP contribution >= 0.6 is 0 Å². The first kappa shape index (κ1) is 22.2. The Morgan fingerprint density at radius 2 is 1.94 bits per heavy atom. The third-order valence-corrected chi connectivity index (χ3v) is 6.46. The molecule has 4 aromatic rings. The molecule has 0 saturated heterocycles. The molecule has 0 spiro atoms. The lowest BCUT2D eigenvalue weighted by molar-refractivity contribution is -0.0925. The number of amides is 1. The normalized spacial score (nSPS) is 17.1. The van der Waals surface area contributed by atoms with Gasteiger partial charge in [0.05, 0.1) is 11.9 Å². The molecular formula is C25H21F2N7O2. The Hall–Kier alpha value is -4.28. The van der Waals surface area contributed by atoms with Crippen LogP contribution in [0.4, 0.5) is 14.5 Å². The lowest BCUT2D eigenvalue weighted by Gasteiger charge is -2.31. The third-order valence-electron chi connectivity index (χ3n) is 6.46. The van der Waals surface area contributed by atoms with Crippen molar-refractivity contribution in [3.63, 3.8) is 0 Å². The van der Waals surface area contributed by atoms with E-state index in [-0.39, 0.29) is 30.5 Å². The van der Waals surface area contributed by atoms with Crippen LogP contribution in [0, 0.1) is 6.92 Å². The van der Waals surface area contributed by atoms with Gasteiger partial charge in [0, 0.05) is 53.9 Å². The van der Waals surface area contributed by atoms with Crippen molar-refractivity contribution in [1.82, 2.24) is 19.5 Å². The van der Waals surface area contributed by atoms with Crippen molar-refractivity contribution in [3.05, 3.63) is 65.4 Å². The first-order valence-corrected chi connectivity index (χ1v) is 11.5. The number of aromatic nitrogens is 4. The van der Waals surface area contributed by atoms with Crippen molar-refractivity contribution in [2.75, 3.05) is 5.32 Å². The molecule has 1 amide bonds. The van der Waals surface area contributed by atoms with Gasteiger partial charge < -0.3 is 9.84 Å². The largest absolute Gasteiger partial charge is 0.339 e. The highest BCUT2D eigenvalue weighted by Crippen LogP contribution is 2.48. The number of rotatable bonds is 5. The van der Waals surface area contributed by atoms with Crippen LogP contribution in [0.5, 0.6) is 0 Å². The molecule has 36 heavy (non-hydrogen) atoms. The lowest BCUT2D eigenvalue weighted by atomic mass is 9.81. The zero-order chi connectivity index (χ0) is 25.0. The van der Waals surface area contributed by atoms with Gasteiger partial charge in [-0.05, 0) is 37.6 Å². The van der Waals surface area contributed by atoms with E-state index in [1.54, 1.807) is 16.5 Å². The molecule has 0 bridgehead atoms. The second kappa shape index (κ2) is 8.14. The zero-order valence-corrected chi connectivity index (χ0v) is 19.5. The molecule has 0 unspecified atom stereocenters. The Labute approximate surface area is 204 Å². The quantitative estimate of drug-likeness (QED) is 0.423. The van der Waals surface area contributed by atoms with Crippen LogP contribution in [0.3, 0.4) is 0 Å². The highest BCUT2D eigenvalue weighted by Gasteiger charge is 2.48. The molecule has 11 heteroatoms. The van der Waals surface area contributed by atoms with Crippen molar-refractivity contribution in [1.29, 1.82) is 0 Å². The maximum Gasteiger partial charge on any atom is 0.274 e. The number of alkyl halides is 2. The molecule has 1 saturated carbocycles. The summed E-state index contributed by atoms with van der Waals surface area (Å²) >= 11 is 0. The average Bonchev–Trinajstić information content (AvgIpc) is 3.58. The number of nitrogens with zero attached hydrogens (tertiary/aromatic N) is 6. The minimum Gasteiger partial charge on any atom is -0.339 e. The van der Waals surface area contributed by atoms with Crippen LogP contribution in [-0.4, -0.2) is 42.8 Å². The number of hydrogen-bond donors (Lipinski definition) is 1. The molecule has 1 aliphatic heterocycles. The molecule has 1 aliphatic carbocycles. The van der Waals surface area contributed by atoms with Crippen molar-refractivity contribution >= 4 is 28.7 Å². The van der Waals surface area contributed by atoms with Gasteiger partial charge >= 0.3 is 0 Å². The number of benzene rings is 1. The predicted octanol–water partition coefficient (Wildman–Crippen LogP) is 5.03. The summed E-state index contributed by atoms with van der Waals surface area (Å²) in [6.45, 7) is 3.79. The lowest BCUT2D eigenvalue weighted by Crippen LogP contribution is -2.33. The number of fused-ring (bicyclic) bond motifs is 1. The van der Waals surface area contributed by atoms with Crippen LogP contribution in [0.1, 0.15) is 59.6 Å². The van der Waals surface area contributed by atoms with Gasteiger partial charge in [-0.25, -0.2) is 13.8 Å². The van der Waals surface area contributed by atoms with E-state index in [0.29, 0.717) is 29.0 Å². The Morgan fingerprint density at radius 3 is 2.69 bits per heavy atom. The van der Waals surface area contributed by atoms with E-state index < -0.39 is 11.8 Å². The summed E-state index contributed by atoms with van der Waals surface area (Å²) in [5.74, 6) is -2.96. The number of carbonyl (C=O) groups excluding carboxylic acids is 1. The molecule has 2 aliphatic rings. The highest BCUT2D eigenvalue weighted by atomic mass is 19.3. The van der Waals surface area contributed by atoms with Crippen molar-refractivity contribution in [2.45, 2.75) is 45.0 Å². The first-order valence-electron chi connectivity index (χ1n) is 11.5. The van der Waals surface area contributed by atoms with Crippen LogP contribution in [0.15, 0.2) is 57.5 Å². The van der Waals surface area contributed by atoms with Crippen LogP contribution in [-0.2, 0) is 0 Å². The first-order chi connectivity index (χ1) is 17.3. The molecule has 1 fully saturated rings. The molecule has 0 radical (unpaired) electrons. The molecule has 1 N–H and O–H groups in total. The van der Waals surface area contributed by atoms with Gasteiger partial charge in [0.1, 0.15) is 11.3 Å². The van der Waals surface area contributed by atoms with E-state index in [4.69, 9.17) is 4.52 Å². The molecule has 4 heterocycles. The van der Waals surface area contributed by atoms with Crippen molar-refractivity contribution in [3.8, 4) is 11.4 Å². The molecule has 9 nitrogen and oxygen atoms in total. The van der Waals surface area contributed by atoms with E-state index >= 15 is 0 Å². The summed E-state index contributed by atoms with van der Waals surface area (Å²) in [4.78, 5) is 21.9. The summed E-state index contributed by atoms with van der Waals surface area (Å²) in [6, 6.07) is 9.10. The summed E-state index contributed by atoms with van der Waals surface area (Å²) in [7, 11) is 0. The molecule has 1 aromatic carbocycles. The summed E-state index contributed by atoms with van der Waals surface area (Å²) in [6.07, 6.45) is 3.44. The van der Waals surface area contributed by atoms with Crippen LogP contribution < -0.4 is 5.32 Å². The molecule has 182 valence electrons. The fourth-order valence-corrected chi connectivity index (χ4v) is 4.37. The maximum atomic E-state index is 13.2. The second-order valence-corrected chi connectivity index (χ2v) is 9.25. The number of nitrogens with one attached hydrogen (secondary N) is 1. The topological polar surface area (TPSA) is 110 Å². The fourth-order valence-electron chi connectivity index (χ4n) is 4.37. The Morgan fingerprint density at radius 1 is 1.14 bits per heavy atom. The summed E-state index contributed by atoms with van der Waals surface area (Å²) in [5.41, 5.74) is 5.63. The van der Waals surface area contributed by atoms with E-state index in [1.807, 2.05) is 38.2 Å². The SMILES string of the molecule is CC1=NN=C(c2ccc3ncc(C(=O)Nc4cc(-c5noc(C6CC(F)(F)C6)n5)ccc4C)n3c2)C1. The monoisotopic (exact) mass is 489 g/mol. The standard InChI is InChI=1S/C25H21F2N7O2/c1-13-3-4-15(22-30-24(36-33-22)17-9-25(26,27)10-17)8-18(13)29-23(35)20-11-28-21-6-5-16(12-34(20)21)19-7-14(2)31-32-19/h3-6,8,11-12,17H,7,9-10H2,1-2H3,(H,29,35). The summed E-state index contributed by atoms with van der Waals surface area (Å²) in [5, 5.41) is 15.2. The van der Waals surface area contributed by atoms with E-state index in [2.05, 4.69) is 30.6 Å². The zero-order valence-electron chi connectivity index (χ0n) is 19.5. The molecule has 6 rings (SSSR count). The Balaban J connectivity index is 1.24. The highest BCUT2D eigenvalue weighted by molar-refractivity contribution is 6.14.